The molecule has 0 bridgehead atoms. The van der Waals surface area contributed by atoms with Gasteiger partial charge < -0.3 is 5.32 Å². The maximum absolute atomic E-state index is 12.6. The van der Waals surface area contributed by atoms with Gasteiger partial charge in [0.1, 0.15) is 0 Å². The smallest absolute Gasteiger partial charge is 0.165 e. The molecule has 3 rings (SSSR count). The highest BCUT2D eigenvalue weighted by atomic mass is 16.1. The highest BCUT2D eigenvalue weighted by molar-refractivity contribution is 5.96. The van der Waals surface area contributed by atoms with Crippen molar-refractivity contribution in [2.75, 3.05) is 5.32 Å². The third-order valence-corrected chi connectivity index (χ3v) is 4.08. The van der Waals surface area contributed by atoms with Crippen molar-refractivity contribution in [2.24, 2.45) is 0 Å². The summed E-state index contributed by atoms with van der Waals surface area (Å²) in [7, 11) is 0. The minimum absolute atomic E-state index is 0.0541. The molecule has 0 saturated carbocycles. The van der Waals surface area contributed by atoms with Gasteiger partial charge in [-0.3, -0.25) is 4.79 Å². The molecule has 0 aliphatic rings. The number of aryl methyl sites for hydroxylation is 1. The van der Waals surface area contributed by atoms with Crippen molar-refractivity contribution < 1.29 is 4.79 Å². The van der Waals surface area contributed by atoms with Gasteiger partial charge in [-0.25, -0.2) is 0 Å². The van der Waals surface area contributed by atoms with Crippen LogP contribution in [0.3, 0.4) is 0 Å². The van der Waals surface area contributed by atoms with Crippen molar-refractivity contribution in [1.29, 1.82) is 0 Å². The number of nitrogens with one attached hydrogen (secondary N) is 1. The van der Waals surface area contributed by atoms with Crippen molar-refractivity contribution in [2.45, 2.75) is 19.4 Å². The monoisotopic (exact) mass is 315 g/mol. The Labute approximate surface area is 143 Å². The minimum Gasteiger partial charge on any atom is -0.378 e. The molecule has 0 aromatic heterocycles. The Morgan fingerprint density at radius 2 is 1.42 bits per heavy atom. The van der Waals surface area contributed by atoms with Crippen molar-refractivity contribution in [3.63, 3.8) is 0 Å². The first kappa shape index (κ1) is 16.0. The van der Waals surface area contributed by atoms with Crippen LogP contribution in [0.4, 0.5) is 5.69 Å². The topological polar surface area (TPSA) is 29.1 Å². The van der Waals surface area contributed by atoms with Crippen molar-refractivity contribution >= 4 is 11.5 Å². The summed E-state index contributed by atoms with van der Waals surface area (Å²) in [6.45, 7) is 2.07. The third kappa shape index (κ3) is 4.11. The largest absolute Gasteiger partial charge is 0.378 e. The molecule has 2 heteroatoms. The number of hydrogen-bond acceptors (Lipinski definition) is 2. The molecule has 0 aliphatic carbocycles. The van der Waals surface area contributed by atoms with E-state index in [0.29, 0.717) is 6.42 Å². The number of ketones is 1. The zero-order valence-electron chi connectivity index (χ0n) is 13.8. The molecule has 3 aromatic rings. The van der Waals surface area contributed by atoms with E-state index in [0.717, 1.165) is 16.8 Å². The van der Waals surface area contributed by atoms with Gasteiger partial charge in [-0.1, -0.05) is 78.4 Å². The number of carbonyl (C=O) groups excluding carboxylic acids is 1. The highest BCUT2D eigenvalue weighted by Crippen LogP contribution is 2.24. The zero-order valence-corrected chi connectivity index (χ0v) is 13.8. The molecule has 0 amide bonds. The summed E-state index contributed by atoms with van der Waals surface area (Å²) in [4.78, 5) is 12.6. The lowest BCUT2D eigenvalue weighted by Gasteiger charge is -2.20. The molecule has 0 heterocycles. The molecule has 0 radical (unpaired) electrons. The molecule has 0 spiro atoms. The van der Waals surface area contributed by atoms with E-state index in [1.165, 1.54) is 5.56 Å². The first-order valence-electron chi connectivity index (χ1n) is 8.19. The van der Waals surface area contributed by atoms with E-state index < -0.39 is 0 Å². The Hall–Kier alpha value is -2.87. The van der Waals surface area contributed by atoms with Gasteiger partial charge in [-0.15, -0.1) is 0 Å². The van der Waals surface area contributed by atoms with Crippen LogP contribution >= 0.6 is 0 Å². The van der Waals surface area contributed by atoms with E-state index in [1.54, 1.807) is 0 Å². The van der Waals surface area contributed by atoms with Crippen molar-refractivity contribution in [1.82, 2.24) is 0 Å². The number of anilines is 1. The molecule has 0 saturated heterocycles. The van der Waals surface area contributed by atoms with Crippen LogP contribution in [0.5, 0.6) is 0 Å². The Morgan fingerprint density at radius 3 is 2.04 bits per heavy atom. The average Bonchev–Trinajstić information content (AvgIpc) is 2.64. The third-order valence-electron chi connectivity index (χ3n) is 4.08. The molecule has 120 valence electrons. The van der Waals surface area contributed by atoms with Gasteiger partial charge >= 0.3 is 0 Å². The van der Waals surface area contributed by atoms with Gasteiger partial charge in [0, 0.05) is 17.7 Å². The predicted molar refractivity (Wildman–Crippen MR) is 99.4 cm³/mol. The SMILES string of the molecule is Cc1ccc(NC(CC(=O)c2ccccc2)c2ccccc2)cc1. The molecule has 2 nitrogen and oxygen atoms in total. The van der Waals surface area contributed by atoms with Crippen LogP contribution in [0.2, 0.25) is 0 Å². The molecular weight excluding hydrogens is 294 g/mol. The summed E-state index contributed by atoms with van der Waals surface area (Å²) >= 11 is 0. The predicted octanol–water partition coefficient (Wildman–Crippen LogP) is 5.42. The maximum Gasteiger partial charge on any atom is 0.165 e. The average molecular weight is 315 g/mol. The van der Waals surface area contributed by atoms with E-state index in [9.17, 15) is 4.79 Å². The van der Waals surface area contributed by atoms with E-state index in [4.69, 9.17) is 0 Å². The first-order chi connectivity index (χ1) is 11.7. The van der Waals surface area contributed by atoms with Gasteiger partial charge in [0.2, 0.25) is 0 Å². The van der Waals surface area contributed by atoms with Crippen LogP contribution in [0.1, 0.15) is 33.9 Å². The Morgan fingerprint density at radius 1 is 0.833 bits per heavy atom. The quantitative estimate of drug-likeness (QED) is 0.615. The van der Waals surface area contributed by atoms with E-state index >= 15 is 0 Å². The summed E-state index contributed by atoms with van der Waals surface area (Å²) < 4.78 is 0. The fraction of sp³-hybridized carbons (Fsp3) is 0.136. The minimum atomic E-state index is -0.0541. The maximum atomic E-state index is 12.6. The molecule has 24 heavy (non-hydrogen) atoms. The normalized spacial score (nSPS) is 11.7. The number of benzene rings is 3. The number of rotatable bonds is 6. The first-order valence-corrected chi connectivity index (χ1v) is 8.19. The number of Topliss-reactive ketones (excluding diaryl/α,β-unsaturated/α-hetero) is 1. The van der Waals surface area contributed by atoms with Gasteiger partial charge in [-0.05, 0) is 24.6 Å². The van der Waals surface area contributed by atoms with Crippen LogP contribution in [-0.4, -0.2) is 5.78 Å². The fourth-order valence-electron chi connectivity index (χ4n) is 2.72. The van der Waals surface area contributed by atoms with E-state index in [-0.39, 0.29) is 11.8 Å². The van der Waals surface area contributed by atoms with Crippen LogP contribution in [-0.2, 0) is 0 Å². The number of carbonyl (C=O) groups is 1. The van der Waals surface area contributed by atoms with Gasteiger partial charge in [0.25, 0.3) is 0 Å². The lowest BCUT2D eigenvalue weighted by molar-refractivity contribution is 0.0976. The van der Waals surface area contributed by atoms with E-state index in [1.807, 2.05) is 48.5 Å². The second-order valence-corrected chi connectivity index (χ2v) is 5.97. The molecule has 1 N–H and O–H groups in total. The Bertz CT molecular complexity index is 779. The summed E-state index contributed by atoms with van der Waals surface area (Å²) in [5.74, 6) is 0.143. The molecule has 0 fully saturated rings. The van der Waals surface area contributed by atoms with Crippen LogP contribution in [0.25, 0.3) is 0 Å². The van der Waals surface area contributed by atoms with Crippen molar-refractivity contribution in [3.8, 4) is 0 Å². The molecule has 1 unspecified atom stereocenters. The highest BCUT2D eigenvalue weighted by Gasteiger charge is 2.17. The van der Waals surface area contributed by atoms with Gasteiger partial charge in [0.05, 0.1) is 6.04 Å². The van der Waals surface area contributed by atoms with E-state index in [2.05, 4.69) is 48.6 Å². The Kier molecular flexibility index (Phi) is 5.07. The zero-order chi connectivity index (χ0) is 16.8. The molecular formula is C22H21NO. The van der Waals surface area contributed by atoms with Crippen LogP contribution < -0.4 is 5.32 Å². The Balaban J connectivity index is 1.82. The molecule has 0 aliphatic heterocycles. The summed E-state index contributed by atoms with van der Waals surface area (Å²) in [5.41, 5.74) is 4.11. The van der Waals surface area contributed by atoms with Gasteiger partial charge in [0.15, 0.2) is 5.78 Å². The standard InChI is InChI=1S/C22H21NO/c1-17-12-14-20(15-13-17)23-21(18-8-4-2-5-9-18)16-22(24)19-10-6-3-7-11-19/h2-15,21,23H,16H2,1H3. The number of hydrogen-bond donors (Lipinski definition) is 1. The molecule has 1 atom stereocenters. The fourth-order valence-corrected chi connectivity index (χ4v) is 2.72. The molecule has 3 aromatic carbocycles. The lowest BCUT2D eigenvalue weighted by atomic mass is 9.97. The summed E-state index contributed by atoms with van der Waals surface area (Å²) in [6.07, 6.45) is 0.419. The summed E-state index contributed by atoms with van der Waals surface area (Å²) in [5, 5.41) is 3.50. The lowest BCUT2D eigenvalue weighted by Crippen LogP contribution is -2.15. The second-order valence-electron chi connectivity index (χ2n) is 5.97. The second kappa shape index (κ2) is 7.60. The van der Waals surface area contributed by atoms with Crippen molar-refractivity contribution in [3.05, 3.63) is 102 Å². The van der Waals surface area contributed by atoms with Gasteiger partial charge in [-0.2, -0.15) is 0 Å². The van der Waals surface area contributed by atoms with Crippen LogP contribution in [0.15, 0.2) is 84.9 Å². The summed E-state index contributed by atoms with van der Waals surface area (Å²) in [6, 6.07) is 27.8. The van der Waals surface area contributed by atoms with Crippen LogP contribution in [0, 0.1) is 6.92 Å².